The Labute approximate surface area is 71.1 Å². The highest BCUT2D eigenvalue weighted by molar-refractivity contribution is 4.77. The van der Waals surface area contributed by atoms with E-state index < -0.39 is 11.2 Å². The van der Waals surface area contributed by atoms with Crippen LogP contribution in [-0.4, -0.2) is 24.4 Å². The van der Waals surface area contributed by atoms with Crippen molar-refractivity contribution in [2.24, 2.45) is 0 Å². The van der Waals surface area contributed by atoms with E-state index in [4.69, 9.17) is 9.47 Å². The van der Waals surface area contributed by atoms with Crippen molar-refractivity contribution in [2.45, 2.75) is 20.1 Å². The van der Waals surface area contributed by atoms with Crippen LogP contribution in [0, 0.1) is 10.1 Å². The third-order valence-corrected chi connectivity index (χ3v) is 1.03. The third kappa shape index (κ3) is 5.82. The van der Waals surface area contributed by atoms with E-state index in [1.165, 1.54) is 6.08 Å². The lowest BCUT2D eigenvalue weighted by Gasteiger charge is -2.10. The minimum absolute atomic E-state index is 0.465. The van der Waals surface area contributed by atoms with E-state index in [9.17, 15) is 10.1 Å². The predicted octanol–water partition coefficient (Wildman–Crippen LogP) is 1.18. The molecule has 0 aromatic heterocycles. The van der Waals surface area contributed by atoms with E-state index in [2.05, 4.69) is 0 Å². The molecule has 0 aromatic rings. The second kappa shape index (κ2) is 6.75. The maximum absolute atomic E-state index is 9.92. The molecule has 0 N–H and O–H groups in total. The lowest BCUT2D eigenvalue weighted by Crippen LogP contribution is -2.14. The highest BCUT2D eigenvalue weighted by Crippen LogP contribution is 1.96. The van der Waals surface area contributed by atoms with Gasteiger partial charge >= 0.3 is 0 Å². The maximum Gasteiger partial charge on any atom is 0.235 e. The van der Waals surface area contributed by atoms with Crippen molar-refractivity contribution in [2.75, 3.05) is 13.2 Å². The highest BCUT2D eigenvalue weighted by Gasteiger charge is 2.03. The number of ether oxygens (including phenoxy) is 2. The molecule has 0 fully saturated rings. The molecule has 0 saturated carbocycles. The zero-order chi connectivity index (χ0) is 9.40. The van der Waals surface area contributed by atoms with Crippen molar-refractivity contribution < 1.29 is 14.4 Å². The predicted molar refractivity (Wildman–Crippen MR) is 43.2 cm³/mol. The van der Waals surface area contributed by atoms with Gasteiger partial charge in [0.1, 0.15) is 0 Å². The monoisotopic (exact) mass is 175 g/mol. The van der Waals surface area contributed by atoms with Gasteiger partial charge < -0.3 is 9.47 Å². The van der Waals surface area contributed by atoms with Crippen LogP contribution in [0.25, 0.3) is 0 Å². The standard InChI is InChI=1S/C7H13NO4/c1-3-11-7(12-4-2)5-6-8(9)10/h5-7H,3-4H2,1-2H3/b6-5+. The van der Waals surface area contributed by atoms with Crippen LogP contribution >= 0.6 is 0 Å². The normalized spacial score (nSPS) is 11.2. The second-order valence-corrected chi connectivity index (χ2v) is 1.91. The minimum Gasteiger partial charge on any atom is -0.349 e. The Hall–Kier alpha value is -0.940. The molecule has 0 aromatic carbocycles. The third-order valence-electron chi connectivity index (χ3n) is 1.03. The van der Waals surface area contributed by atoms with E-state index in [-0.39, 0.29) is 0 Å². The molecule has 5 heteroatoms. The van der Waals surface area contributed by atoms with Gasteiger partial charge in [0.05, 0.1) is 4.92 Å². The van der Waals surface area contributed by atoms with Gasteiger partial charge in [0.15, 0.2) is 6.29 Å². The summed E-state index contributed by atoms with van der Waals surface area (Å²) < 4.78 is 10.0. The van der Waals surface area contributed by atoms with Crippen LogP contribution in [0.2, 0.25) is 0 Å². The number of nitro groups is 1. The van der Waals surface area contributed by atoms with Gasteiger partial charge in [-0.05, 0) is 13.8 Å². The van der Waals surface area contributed by atoms with Crippen LogP contribution < -0.4 is 0 Å². The summed E-state index contributed by atoms with van der Waals surface area (Å²) in [5, 5.41) is 9.92. The average molecular weight is 175 g/mol. The molecule has 5 nitrogen and oxygen atoms in total. The highest BCUT2D eigenvalue weighted by atomic mass is 16.7. The van der Waals surface area contributed by atoms with Gasteiger partial charge in [-0.1, -0.05) is 0 Å². The molecule has 0 bridgehead atoms. The van der Waals surface area contributed by atoms with E-state index in [0.29, 0.717) is 13.2 Å². The molecule has 0 unspecified atom stereocenters. The zero-order valence-corrected chi connectivity index (χ0v) is 7.23. The van der Waals surface area contributed by atoms with Gasteiger partial charge in [-0.3, -0.25) is 10.1 Å². The first-order valence-electron chi connectivity index (χ1n) is 3.75. The van der Waals surface area contributed by atoms with Crippen molar-refractivity contribution in [1.29, 1.82) is 0 Å². The van der Waals surface area contributed by atoms with Crippen LogP contribution in [0.4, 0.5) is 0 Å². The Morgan fingerprint density at radius 1 is 1.42 bits per heavy atom. The SMILES string of the molecule is CCOC(/C=C/[N+](=O)[O-])OCC. The molecule has 0 aliphatic rings. The van der Waals surface area contributed by atoms with E-state index >= 15 is 0 Å². The first kappa shape index (κ1) is 11.1. The van der Waals surface area contributed by atoms with Crippen LogP contribution in [0.5, 0.6) is 0 Å². The first-order chi connectivity index (χ1) is 5.70. The first-order valence-corrected chi connectivity index (χ1v) is 3.75. The van der Waals surface area contributed by atoms with Crippen molar-refractivity contribution in [3.63, 3.8) is 0 Å². The number of rotatable bonds is 6. The molecule has 0 atom stereocenters. The quantitative estimate of drug-likeness (QED) is 0.345. The molecule has 12 heavy (non-hydrogen) atoms. The van der Waals surface area contributed by atoms with Gasteiger partial charge in [0, 0.05) is 19.3 Å². The largest absolute Gasteiger partial charge is 0.349 e. The summed E-state index contributed by atoms with van der Waals surface area (Å²) in [7, 11) is 0. The van der Waals surface area contributed by atoms with Crippen LogP contribution in [0.3, 0.4) is 0 Å². The molecule has 0 saturated heterocycles. The maximum atomic E-state index is 9.92. The van der Waals surface area contributed by atoms with Gasteiger partial charge in [-0.15, -0.1) is 0 Å². The van der Waals surface area contributed by atoms with Gasteiger partial charge in [0.25, 0.3) is 0 Å². The summed E-state index contributed by atoms with van der Waals surface area (Å²) in [6.07, 6.45) is 1.48. The van der Waals surface area contributed by atoms with Gasteiger partial charge in [0.2, 0.25) is 6.20 Å². The molecule has 0 heterocycles. The smallest absolute Gasteiger partial charge is 0.235 e. The fraction of sp³-hybridized carbons (Fsp3) is 0.714. The van der Waals surface area contributed by atoms with Gasteiger partial charge in [-0.25, -0.2) is 0 Å². The van der Waals surface area contributed by atoms with Crippen molar-refractivity contribution >= 4 is 0 Å². The number of hydrogen-bond acceptors (Lipinski definition) is 4. The van der Waals surface area contributed by atoms with Crippen LogP contribution in [-0.2, 0) is 9.47 Å². The summed E-state index contributed by atoms with van der Waals surface area (Å²) in [6, 6.07) is 0. The van der Waals surface area contributed by atoms with Crippen LogP contribution in [0.15, 0.2) is 12.3 Å². The minimum atomic E-state index is -0.606. The average Bonchev–Trinajstić information content (AvgIpc) is 2.01. The van der Waals surface area contributed by atoms with Crippen molar-refractivity contribution in [3.8, 4) is 0 Å². The summed E-state index contributed by atoms with van der Waals surface area (Å²) in [6.45, 7) is 4.53. The van der Waals surface area contributed by atoms with Crippen molar-refractivity contribution in [1.82, 2.24) is 0 Å². The van der Waals surface area contributed by atoms with E-state index in [1.54, 1.807) is 13.8 Å². The number of nitrogens with zero attached hydrogens (tertiary/aromatic N) is 1. The molecule has 0 aliphatic heterocycles. The molecular formula is C7H13NO4. The molecular weight excluding hydrogens is 162 g/mol. The van der Waals surface area contributed by atoms with E-state index in [0.717, 1.165) is 6.20 Å². The topological polar surface area (TPSA) is 61.6 Å². The molecule has 0 radical (unpaired) electrons. The Morgan fingerprint density at radius 3 is 2.25 bits per heavy atom. The fourth-order valence-corrected chi connectivity index (χ4v) is 0.628. The molecule has 0 rings (SSSR count). The summed E-state index contributed by atoms with van der Waals surface area (Å²) >= 11 is 0. The van der Waals surface area contributed by atoms with Crippen LogP contribution in [0.1, 0.15) is 13.8 Å². The fourth-order valence-electron chi connectivity index (χ4n) is 0.628. The van der Waals surface area contributed by atoms with Crippen molar-refractivity contribution in [3.05, 3.63) is 22.4 Å². The molecule has 0 aliphatic carbocycles. The molecule has 0 amide bonds. The second-order valence-electron chi connectivity index (χ2n) is 1.91. The Balaban J connectivity index is 3.84. The Bertz CT molecular complexity index is 151. The van der Waals surface area contributed by atoms with Gasteiger partial charge in [-0.2, -0.15) is 0 Å². The summed E-state index contributed by atoms with van der Waals surface area (Å²) in [5.41, 5.74) is 0. The zero-order valence-electron chi connectivity index (χ0n) is 7.23. The lowest BCUT2D eigenvalue weighted by molar-refractivity contribution is -0.403. The summed E-state index contributed by atoms with van der Waals surface area (Å²) in [4.78, 5) is 9.37. The molecule has 0 spiro atoms. The number of hydrogen-bond donors (Lipinski definition) is 0. The molecule has 70 valence electrons. The Kier molecular flexibility index (Phi) is 6.22. The summed E-state index contributed by atoms with van der Waals surface area (Å²) in [5.74, 6) is 0. The van der Waals surface area contributed by atoms with E-state index in [1.807, 2.05) is 0 Å². The lowest BCUT2D eigenvalue weighted by atomic mass is 10.6. The Morgan fingerprint density at radius 2 is 1.92 bits per heavy atom.